The van der Waals surface area contributed by atoms with Gasteiger partial charge in [0.15, 0.2) is 0 Å². The second kappa shape index (κ2) is 10.3. The van der Waals surface area contributed by atoms with Gasteiger partial charge in [-0.3, -0.25) is 9.88 Å². The van der Waals surface area contributed by atoms with Crippen LogP contribution < -0.4 is 4.74 Å². The lowest BCUT2D eigenvalue weighted by Crippen LogP contribution is -2.34. The molecule has 190 valence electrons. The number of pyridine rings is 1. The molecule has 0 spiro atoms. The molecule has 0 aliphatic carbocycles. The summed E-state index contributed by atoms with van der Waals surface area (Å²) >= 11 is 0. The van der Waals surface area contributed by atoms with E-state index in [4.69, 9.17) is 19.2 Å². The van der Waals surface area contributed by atoms with Crippen molar-refractivity contribution in [2.45, 2.75) is 45.2 Å². The molecule has 0 unspecified atom stereocenters. The Bertz CT molecular complexity index is 1410. The molecular weight excluding hydrogens is 468 g/mol. The molecule has 6 rings (SSSR count). The Morgan fingerprint density at radius 1 is 1.14 bits per heavy atom. The molecule has 37 heavy (non-hydrogen) atoms. The Morgan fingerprint density at radius 2 is 2.05 bits per heavy atom. The molecule has 0 N–H and O–H groups in total. The smallest absolute Gasteiger partial charge is 0.337 e. The number of carbonyl (C=O) groups excluding carboxylic acids is 1. The molecule has 8 heteroatoms. The van der Waals surface area contributed by atoms with Gasteiger partial charge < -0.3 is 18.8 Å². The number of hydrogen-bond acceptors (Lipinski definition) is 7. The van der Waals surface area contributed by atoms with Crippen LogP contribution in [-0.4, -0.2) is 51.8 Å². The van der Waals surface area contributed by atoms with Gasteiger partial charge in [-0.25, -0.2) is 9.78 Å². The summed E-state index contributed by atoms with van der Waals surface area (Å²) in [5.41, 5.74) is 5.90. The highest BCUT2D eigenvalue weighted by Crippen LogP contribution is 2.27. The van der Waals surface area contributed by atoms with Gasteiger partial charge in [0.1, 0.15) is 18.2 Å². The van der Waals surface area contributed by atoms with Gasteiger partial charge in [0.05, 0.1) is 48.6 Å². The molecule has 2 aliphatic rings. The number of hydrogen-bond donors (Lipinski definition) is 0. The first-order valence-electron chi connectivity index (χ1n) is 12.7. The van der Waals surface area contributed by atoms with E-state index in [1.807, 2.05) is 36.4 Å². The predicted octanol–water partition coefficient (Wildman–Crippen LogP) is 4.14. The largest absolute Gasteiger partial charge is 0.487 e. The third kappa shape index (κ3) is 5.08. The number of ether oxygens (including phenoxy) is 3. The minimum Gasteiger partial charge on any atom is -0.487 e. The van der Waals surface area contributed by atoms with Gasteiger partial charge in [0.25, 0.3) is 0 Å². The first kappa shape index (κ1) is 23.6. The molecule has 0 bridgehead atoms. The van der Waals surface area contributed by atoms with Crippen LogP contribution in [0.25, 0.3) is 11.0 Å². The van der Waals surface area contributed by atoms with Crippen LogP contribution in [0.3, 0.4) is 0 Å². The molecule has 1 fully saturated rings. The maximum Gasteiger partial charge on any atom is 0.337 e. The SMILES string of the molecule is COC(=O)c1ccc2nc(CN3CCc4ccc(OCc5ccccn5)cc4C3)n(C[C@@H]3CCO3)c2c1. The summed E-state index contributed by atoms with van der Waals surface area (Å²) in [6.07, 6.45) is 3.98. The molecule has 4 aromatic rings. The maximum absolute atomic E-state index is 12.2. The Labute approximate surface area is 215 Å². The summed E-state index contributed by atoms with van der Waals surface area (Å²) < 4.78 is 18.9. The normalized spacial score (nSPS) is 17.3. The van der Waals surface area contributed by atoms with E-state index in [9.17, 15) is 4.79 Å². The van der Waals surface area contributed by atoms with Crippen molar-refractivity contribution in [3.63, 3.8) is 0 Å². The van der Waals surface area contributed by atoms with E-state index in [0.717, 1.165) is 67.4 Å². The van der Waals surface area contributed by atoms with Crippen molar-refractivity contribution in [3.05, 3.63) is 89.0 Å². The van der Waals surface area contributed by atoms with Crippen molar-refractivity contribution in [1.82, 2.24) is 19.4 Å². The molecule has 0 saturated carbocycles. The number of esters is 1. The van der Waals surface area contributed by atoms with E-state index in [1.165, 1.54) is 18.2 Å². The van der Waals surface area contributed by atoms with E-state index < -0.39 is 0 Å². The van der Waals surface area contributed by atoms with E-state index in [-0.39, 0.29) is 12.1 Å². The third-order valence-corrected chi connectivity index (χ3v) is 7.17. The molecule has 8 nitrogen and oxygen atoms in total. The number of benzene rings is 2. The summed E-state index contributed by atoms with van der Waals surface area (Å²) in [6.45, 7) is 4.47. The fourth-order valence-electron chi connectivity index (χ4n) is 5.03. The van der Waals surface area contributed by atoms with Gasteiger partial charge >= 0.3 is 5.97 Å². The second-order valence-electron chi connectivity index (χ2n) is 9.62. The standard InChI is InChI=1S/C29H30N4O4/c1-35-29(34)21-6-8-26-27(15-21)33(17-25-10-13-36-25)28(31-26)18-32-12-9-20-5-7-24(14-22(20)16-32)37-19-23-4-2-3-11-30-23/h2-8,11,14-15,25H,9-10,12-13,16-19H2,1H3/t25-/m0/s1. The molecule has 1 saturated heterocycles. The van der Waals surface area contributed by atoms with Crippen LogP contribution in [-0.2, 0) is 42.1 Å². The van der Waals surface area contributed by atoms with Crippen molar-refractivity contribution in [2.24, 2.45) is 0 Å². The zero-order valence-corrected chi connectivity index (χ0v) is 20.9. The van der Waals surface area contributed by atoms with Gasteiger partial charge in [0, 0.05) is 25.9 Å². The molecule has 0 amide bonds. The van der Waals surface area contributed by atoms with Crippen LogP contribution >= 0.6 is 0 Å². The first-order chi connectivity index (χ1) is 18.2. The minimum absolute atomic E-state index is 0.179. The maximum atomic E-state index is 12.2. The number of imidazole rings is 1. The number of nitrogens with zero attached hydrogens (tertiary/aromatic N) is 4. The van der Waals surface area contributed by atoms with Gasteiger partial charge in [-0.05, 0) is 66.4 Å². The molecule has 1 atom stereocenters. The van der Waals surface area contributed by atoms with Crippen LogP contribution in [0.4, 0.5) is 0 Å². The second-order valence-corrected chi connectivity index (χ2v) is 9.62. The topological polar surface area (TPSA) is 78.7 Å². The van der Waals surface area contributed by atoms with E-state index in [0.29, 0.717) is 18.7 Å². The lowest BCUT2D eigenvalue weighted by atomic mass is 9.99. The highest BCUT2D eigenvalue weighted by atomic mass is 16.5. The van der Waals surface area contributed by atoms with Gasteiger partial charge in [0.2, 0.25) is 0 Å². The van der Waals surface area contributed by atoms with Gasteiger partial charge in [-0.1, -0.05) is 12.1 Å². The highest BCUT2D eigenvalue weighted by molar-refractivity contribution is 5.93. The van der Waals surface area contributed by atoms with Crippen molar-refractivity contribution >= 4 is 17.0 Å². The van der Waals surface area contributed by atoms with Gasteiger partial charge in [-0.15, -0.1) is 0 Å². The Balaban J connectivity index is 1.22. The average molecular weight is 499 g/mol. The van der Waals surface area contributed by atoms with E-state index in [2.05, 4.69) is 26.6 Å². The number of carbonyl (C=O) groups is 1. The van der Waals surface area contributed by atoms with Crippen LogP contribution in [0.15, 0.2) is 60.8 Å². The summed E-state index contributed by atoms with van der Waals surface area (Å²) in [5, 5.41) is 0. The van der Waals surface area contributed by atoms with Crippen LogP contribution in [0.2, 0.25) is 0 Å². The Hall–Kier alpha value is -3.75. The van der Waals surface area contributed by atoms with Crippen LogP contribution in [0.5, 0.6) is 5.75 Å². The zero-order valence-electron chi connectivity index (χ0n) is 20.9. The molecular formula is C29H30N4O4. The zero-order chi connectivity index (χ0) is 25.2. The van der Waals surface area contributed by atoms with Gasteiger partial charge in [-0.2, -0.15) is 0 Å². The number of methoxy groups -OCH3 is 1. The lowest BCUT2D eigenvalue weighted by molar-refractivity contribution is -0.0592. The monoisotopic (exact) mass is 498 g/mol. The summed E-state index contributed by atoms with van der Waals surface area (Å²) in [7, 11) is 1.40. The third-order valence-electron chi connectivity index (χ3n) is 7.17. The van der Waals surface area contributed by atoms with Crippen LogP contribution in [0, 0.1) is 0 Å². The van der Waals surface area contributed by atoms with E-state index >= 15 is 0 Å². The van der Waals surface area contributed by atoms with E-state index in [1.54, 1.807) is 12.3 Å². The minimum atomic E-state index is -0.343. The highest BCUT2D eigenvalue weighted by Gasteiger charge is 2.25. The summed E-state index contributed by atoms with van der Waals surface area (Å²) in [5.74, 6) is 1.50. The fraction of sp³-hybridized carbons (Fsp3) is 0.345. The average Bonchev–Trinajstić information content (AvgIpc) is 3.25. The molecule has 2 aliphatic heterocycles. The number of aromatic nitrogens is 3. The molecule has 2 aromatic carbocycles. The molecule has 2 aromatic heterocycles. The van der Waals surface area contributed by atoms with Crippen LogP contribution in [0.1, 0.15) is 39.4 Å². The summed E-state index contributed by atoms with van der Waals surface area (Å²) in [4.78, 5) is 23.9. The number of fused-ring (bicyclic) bond motifs is 2. The lowest BCUT2D eigenvalue weighted by Gasteiger charge is -2.30. The molecule has 4 heterocycles. The number of rotatable bonds is 8. The summed E-state index contributed by atoms with van der Waals surface area (Å²) in [6, 6.07) is 17.8. The Kier molecular flexibility index (Phi) is 6.59. The van der Waals surface area contributed by atoms with Crippen molar-refractivity contribution in [2.75, 3.05) is 20.3 Å². The molecule has 0 radical (unpaired) electrons. The fourth-order valence-corrected chi connectivity index (χ4v) is 5.03. The quantitative estimate of drug-likeness (QED) is 0.338. The van der Waals surface area contributed by atoms with Crippen molar-refractivity contribution < 1.29 is 19.0 Å². The first-order valence-corrected chi connectivity index (χ1v) is 12.7. The Morgan fingerprint density at radius 3 is 2.84 bits per heavy atom. The van der Waals surface area contributed by atoms with Crippen molar-refractivity contribution in [1.29, 1.82) is 0 Å². The predicted molar refractivity (Wildman–Crippen MR) is 138 cm³/mol. The van der Waals surface area contributed by atoms with Crippen molar-refractivity contribution in [3.8, 4) is 5.75 Å².